The molecule has 0 saturated heterocycles. The van der Waals surface area contributed by atoms with Gasteiger partial charge in [-0.1, -0.05) is 32.0 Å². The van der Waals surface area contributed by atoms with Gasteiger partial charge in [-0.2, -0.15) is 0 Å². The average Bonchev–Trinajstić information content (AvgIpc) is 2.87. The maximum Gasteiger partial charge on any atom is 0.262 e. The van der Waals surface area contributed by atoms with E-state index in [1.54, 1.807) is 37.3 Å². The molecule has 2 aromatic carbocycles. The molecule has 0 radical (unpaired) electrons. The van der Waals surface area contributed by atoms with Crippen molar-refractivity contribution in [2.24, 2.45) is 5.92 Å². The van der Waals surface area contributed by atoms with Crippen molar-refractivity contribution in [3.05, 3.63) is 65.0 Å². The topological polar surface area (TPSA) is 66.5 Å². The summed E-state index contributed by atoms with van der Waals surface area (Å²) in [6, 6.07) is 9.64. The Morgan fingerprint density at radius 2 is 1.67 bits per heavy atom. The lowest BCUT2D eigenvalue weighted by Crippen LogP contribution is -2.48. The monoisotopic (exact) mass is 368 g/mol. The number of carbonyl (C=O) groups excluding carboxylic acids is 3. The van der Waals surface area contributed by atoms with Crippen LogP contribution in [0, 0.1) is 18.7 Å². The lowest BCUT2D eigenvalue weighted by Gasteiger charge is -2.27. The van der Waals surface area contributed by atoms with E-state index in [0.29, 0.717) is 28.8 Å². The molecule has 3 rings (SSSR count). The van der Waals surface area contributed by atoms with Crippen molar-refractivity contribution in [2.45, 2.75) is 33.2 Å². The second-order valence-electron chi connectivity index (χ2n) is 7.12. The number of imide groups is 1. The first-order valence-corrected chi connectivity index (χ1v) is 8.83. The van der Waals surface area contributed by atoms with E-state index in [2.05, 4.69) is 5.32 Å². The zero-order chi connectivity index (χ0) is 19.7. The molecule has 0 aromatic heterocycles. The number of nitrogens with zero attached hydrogens (tertiary/aromatic N) is 1. The third kappa shape index (κ3) is 3.60. The second-order valence-corrected chi connectivity index (χ2v) is 7.12. The van der Waals surface area contributed by atoms with Crippen LogP contribution in [-0.4, -0.2) is 28.7 Å². The van der Waals surface area contributed by atoms with Crippen LogP contribution in [0.4, 0.5) is 10.1 Å². The predicted octanol–water partition coefficient (Wildman–Crippen LogP) is 3.78. The van der Waals surface area contributed by atoms with Gasteiger partial charge in [0, 0.05) is 5.69 Å². The summed E-state index contributed by atoms with van der Waals surface area (Å²) >= 11 is 0. The van der Waals surface area contributed by atoms with Crippen molar-refractivity contribution in [3.8, 4) is 0 Å². The first kappa shape index (κ1) is 18.8. The Morgan fingerprint density at radius 3 is 2.22 bits per heavy atom. The van der Waals surface area contributed by atoms with Gasteiger partial charge in [-0.05, 0) is 49.1 Å². The van der Waals surface area contributed by atoms with Gasteiger partial charge in [-0.15, -0.1) is 0 Å². The molecule has 0 bridgehead atoms. The highest BCUT2D eigenvalue weighted by Gasteiger charge is 2.42. The van der Waals surface area contributed by atoms with Crippen molar-refractivity contribution < 1.29 is 18.8 Å². The van der Waals surface area contributed by atoms with Gasteiger partial charge in [0.15, 0.2) is 0 Å². The third-order valence-corrected chi connectivity index (χ3v) is 4.59. The van der Waals surface area contributed by atoms with Gasteiger partial charge in [0.2, 0.25) is 5.91 Å². The summed E-state index contributed by atoms with van der Waals surface area (Å²) < 4.78 is 13.5. The van der Waals surface area contributed by atoms with Crippen LogP contribution in [0.3, 0.4) is 0 Å². The fraction of sp³-hybridized carbons (Fsp3) is 0.286. The van der Waals surface area contributed by atoms with Gasteiger partial charge in [-0.25, -0.2) is 4.39 Å². The minimum Gasteiger partial charge on any atom is -0.324 e. The molecule has 140 valence electrons. The largest absolute Gasteiger partial charge is 0.324 e. The highest BCUT2D eigenvalue weighted by atomic mass is 19.1. The zero-order valence-corrected chi connectivity index (χ0v) is 15.5. The highest BCUT2D eigenvalue weighted by Crippen LogP contribution is 2.28. The summed E-state index contributed by atoms with van der Waals surface area (Å²) in [5.74, 6) is -1.87. The van der Waals surface area contributed by atoms with E-state index in [0.717, 1.165) is 4.90 Å². The molecule has 0 spiro atoms. The van der Waals surface area contributed by atoms with E-state index < -0.39 is 29.6 Å². The first-order valence-electron chi connectivity index (χ1n) is 8.83. The number of halogens is 1. The maximum atomic E-state index is 13.5. The van der Waals surface area contributed by atoms with Gasteiger partial charge >= 0.3 is 0 Å². The Balaban J connectivity index is 1.93. The second kappa shape index (κ2) is 7.31. The molecule has 0 saturated carbocycles. The molecule has 27 heavy (non-hydrogen) atoms. The highest BCUT2D eigenvalue weighted by molar-refractivity contribution is 6.23. The molecule has 1 atom stereocenters. The lowest BCUT2D eigenvalue weighted by atomic mass is 10.0. The van der Waals surface area contributed by atoms with Crippen LogP contribution in [0.5, 0.6) is 0 Å². The summed E-state index contributed by atoms with van der Waals surface area (Å²) in [4.78, 5) is 39.5. The standard InChI is InChI=1S/C21H21FN2O3/c1-12(2)10-18(19(25)23-17-11-14(22)9-8-13(17)3)24-20(26)15-6-4-5-7-16(15)21(24)27/h4-9,11-12,18H,10H2,1-3H3,(H,23,25)/t18-/m1/s1. The molecule has 1 aliphatic heterocycles. The van der Waals surface area contributed by atoms with Crippen LogP contribution in [0.25, 0.3) is 0 Å². The number of aryl methyl sites for hydroxylation is 1. The third-order valence-electron chi connectivity index (χ3n) is 4.59. The molecule has 1 aliphatic rings. The number of benzene rings is 2. The summed E-state index contributed by atoms with van der Waals surface area (Å²) in [5.41, 5.74) is 1.61. The van der Waals surface area contributed by atoms with E-state index >= 15 is 0 Å². The van der Waals surface area contributed by atoms with Crippen LogP contribution in [0.2, 0.25) is 0 Å². The summed E-state index contributed by atoms with van der Waals surface area (Å²) in [5, 5.41) is 2.68. The van der Waals surface area contributed by atoms with E-state index in [1.807, 2.05) is 13.8 Å². The van der Waals surface area contributed by atoms with Crippen molar-refractivity contribution in [2.75, 3.05) is 5.32 Å². The smallest absolute Gasteiger partial charge is 0.262 e. The predicted molar refractivity (Wildman–Crippen MR) is 100.0 cm³/mol. The number of fused-ring (bicyclic) bond motifs is 1. The SMILES string of the molecule is Cc1ccc(F)cc1NC(=O)[C@@H](CC(C)C)N1C(=O)c2ccccc2C1=O. The molecular weight excluding hydrogens is 347 g/mol. The zero-order valence-electron chi connectivity index (χ0n) is 15.5. The number of hydrogen-bond acceptors (Lipinski definition) is 3. The number of anilines is 1. The van der Waals surface area contributed by atoms with Gasteiger partial charge in [0.05, 0.1) is 11.1 Å². The molecule has 3 amide bonds. The van der Waals surface area contributed by atoms with Crippen LogP contribution >= 0.6 is 0 Å². The molecular formula is C21H21FN2O3. The van der Waals surface area contributed by atoms with Gasteiger partial charge in [0.1, 0.15) is 11.9 Å². The number of rotatable bonds is 5. The molecule has 1 heterocycles. The molecule has 5 nitrogen and oxygen atoms in total. The number of hydrogen-bond donors (Lipinski definition) is 1. The number of carbonyl (C=O) groups is 3. The van der Waals surface area contributed by atoms with E-state index in [-0.39, 0.29) is 5.92 Å². The Bertz CT molecular complexity index is 888. The van der Waals surface area contributed by atoms with E-state index in [9.17, 15) is 18.8 Å². The summed E-state index contributed by atoms with van der Waals surface area (Å²) in [7, 11) is 0. The number of amides is 3. The van der Waals surface area contributed by atoms with Crippen molar-refractivity contribution >= 4 is 23.4 Å². The van der Waals surface area contributed by atoms with Crippen LogP contribution in [0.1, 0.15) is 46.5 Å². The van der Waals surface area contributed by atoms with Gasteiger partial charge < -0.3 is 5.32 Å². The van der Waals surface area contributed by atoms with Crippen molar-refractivity contribution in [1.82, 2.24) is 4.90 Å². The average molecular weight is 368 g/mol. The van der Waals surface area contributed by atoms with Crippen molar-refractivity contribution in [3.63, 3.8) is 0 Å². The summed E-state index contributed by atoms with van der Waals surface area (Å²) in [6.45, 7) is 5.56. The first-order chi connectivity index (χ1) is 12.8. The molecule has 1 N–H and O–H groups in total. The quantitative estimate of drug-likeness (QED) is 0.817. The van der Waals surface area contributed by atoms with Crippen LogP contribution < -0.4 is 5.32 Å². The minimum atomic E-state index is -0.972. The molecule has 0 aliphatic carbocycles. The fourth-order valence-electron chi connectivity index (χ4n) is 3.21. The fourth-order valence-corrected chi connectivity index (χ4v) is 3.21. The minimum absolute atomic E-state index is 0.0682. The van der Waals surface area contributed by atoms with Gasteiger partial charge in [-0.3, -0.25) is 19.3 Å². The lowest BCUT2D eigenvalue weighted by molar-refractivity contribution is -0.120. The Kier molecular flexibility index (Phi) is 5.08. The molecule has 0 fully saturated rings. The summed E-state index contributed by atoms with van der Waals surface area (Å²) in [6.07, 6.45) is 0.311. The maximum absolute atomic E-state index is 13.5. The normalized spacial score (nSPS) is 14.5. The van der Waals surface area contributed by atoms with E-state index in [4.69, 9.17) is 0 Å². The molecule has 2 aromatic rings. The van der Waals surface area contributed by atoms with Gasteiger partial charge in [0.25, 0.3) is 11.8 Å². The Labute approximate surface area is 157 Å². The molecule has 6 heteroatoms. The van der Waals surface area contributed by atoms with Crippen LogP contribution in [-0.2, 0) is 4.79 Å². The van der Waals surface area contributed by atoms with Crippen molar-refractivity contribution in [1.29, 1.82) is 0 Å². The molecule has 0 unspecified atom stereocenters. The van der Waals surface area contributed by atoms with Crippen LogP contribution in [0.15, 0.2) is 42.5 Å². The number of nitrogens with one attached hydrogen (secondary N) is 1. The Morgan fingerprint density at radius 1 is 1.07 bits per heavy atom. The Hall–Kier alpha value is -3.02. The van der Waals surface area contributed by atoms with E-state index in [1.165, 1.54) is 12.1 Å².